The number of aliphatic imine (C=N–C) groups is 1. The number of ether oxygens (including phenoxy) is 1. The molecule has 0 atom stereocenters. The number of halogens is 1. The number of carbonyl (C=O) groups excluding carboxylic acids is 1. The number of nitrogens with zero attached hydrogens (tertiary/aromatic N) is 4. The fraction of sp³-hybridized carbons (Fsp3) is 0.188. The summed E-state index contributed by atoms with van der Waals surface area (Å²) in [6.07, 6.45) is 3.63. The number of methoxy groups -OCH3 is 1. The number of carbonyl (C=O) groups is 1. The van der Waals surface area contributed by atoms with Gasteiger partial charge in [-0.2, -0.15) is 5.01 Å². The van der Waals surface area contributed by atoms with Crippen molar-refractivity contribution in [2.24, 2.45) is 4.99 Å². The summed E-state index contributed by atoms with van der Waals surface area (Å²) in [6, 6.07) is 11.1. The van der Waals surface area contributed by atoms with E-state index in [1.54, 1.807) is 30.7 Å². The molecule has 0 saturated heterocycles. The fourth-order valence-corrected chi connectivity index (χ4v) is 2.25. The van der Waals surface area contributed by atoms with Crippen LogP contribution in [0.2, 0.25) is 0 Å². The lowest BCUT2D eigenvalue weighted by molar-refractivity contribution is -0.118. The molecule has 0 unspecified atom stereocenters. The maximum Gasteiger partial charge on any atom is 0.247 e. The zero-order valence-electron chi connectivity index (χ0n) is 12.8. The van der Waals surface area contributed by atoms with E-state index in [0.29, 0.717) is 23.7 Å². The second kappa shape index (κ2) is 7.11. The zero-order valence-corrected chi connectivity index (χ0v) is 13.7. The minimum absolute atomic E-state index is 0. The Morgan fingerprint density at radius 1 is 1.26 bits per heavy atom. The number of aromatic nitrogens is 1. The van der Waals surface area contributed by atoms with Crippen LogP contribution in [-0.2, 0) is 4.79 Å². The Bertz CT molecular complexity index is 736. The van der Waals surface area contributed by atoms with Gasteiger partial charge < -0.3 is 4.74 Å². The molecule has 6 nitrogen and oxygen atoms in total. The van der Waals surface area contributed by atoms with Gasteiger partial charge in [-0.1, -0.05) is 13.0 Å². The Morgan fingerprint density at radius 2 is 2.09 bits per heavy atom. The van der Waals surface area contributed by atoms with Crippen molar-refractivity contribution in [1.29, 1.82) is 0 Å². The van der Waals surface area contributed by atoms with Crippen LogP contribution in [0.1, 0.15) is 13.3 Å². The lowest BCUT2D eigenvalue weighted by atomic mass is 10.2. The molecule has 1 aromatic carbocycles. The van der Waals surface area contributed by atoms with Crippen molar-refractivity contribution in [3.05, 3.63) is 42.6 Å². The number of fused-ring (bicyclic) bond motifs is 1. The largest absolute Gasteiger partial charge is 0.497 e. The lowest BCUT2D eigenvalue weighted by Crippen LogP contribution is -2.48. The fourth-order valence-electron chi connectivity index (χ4n) is 2.25. The van der Waals surface area contributed by atoms with Crippen molar-refractivity contribution in [2.45, 2.75) is 13.3 Å². The topological polar surface area (TPSA) is 58.0 Å². The molecule has 120 valence electrons. The average molecular weight is 333 g/mol. The van der Waals surface area contributed by atoms with E-state index in [0.717, 1.165) is 5.69 Å². The van der Waals surface area contributed by atoms with Crippen molar-refractivity contribution in [3.8, 4) is 5.75 Å². The predicted octanol–water partition coefficient (Wildman–Crippen LogP) is 3.35. The molecule has 23 heavy (non-hydrogen) atoms. The van der Waals surface area contributed by atoms with E-state index < -0.39 is 0 Å². The zero-order chi connectivity index (χ0) is 15.5. The summed E-state index contributed by atoms with van der Waals surface area (Å²) >= 11 is 0. The molecule has 0 aliphatic carbocycles. The Hall–Kier alpha value is -2.60. The highest BCUT2D eigenvalue weighted by molar-refractivity contribution is 6.05. The maximum atomic E-state index is 12.4. The molecule has 1 amide bonds. The number of pyridine rings is 1. The summed E-state index contributed by atoms with van der Waals surface area (Å²) in [6.45, 7) is 1.82. The first kappa shape index (κ1) is 16.8. The summed E-state index contributed by atoms with van der Waals surface area (Å²) in [5.74, 6) is 1.18. The summed E-state index contributed by atoms with van der Waals surface area (Å²) in [4.78, 5) is 21.1. The third-order valence-electron chi connectivity index (χ3n) is 3.34. The minimum atomic E-state index is -0.0612. The molecule has 3 rings (SSSR count). The van der Waals surface area contributed by atoms with Crippen molar-refractivity contribution in [2.75, 3.05) is 17.1 Å². The van der Waals surface area contributed by atoms with E-state index in [9.17, 15) is 4.79 Å². The summed E-state index contributed by atoms with van der Waals surface area (Å²) in [5.41, 5.74) is 1.45. The highest BCUT2D eigenvalue weighted by Crippen LogP contribution is 2.33. The molecule has 1 aromatic heterocycles. The highest BCUT2D eigenvalue weighted by atomic mass is 35.5. The van der Waals surface area contributed by atoms with Crippen LogP contribution in [0, 0.1) is 0 Å². The van der Waals surface area contributed by atoms with Gasteiger partial charge in [-0.15, -0.1) is 12.4 Å². The smallest absolute Gasteiger partial charge is 0.247 e. The monoisotopic (exact) mass is 332 g/mol. The van der Waals surface area contributed by atoms with Crippen LogP contribution in [0.25, 0.3) is 0 Å². The normalized spacial score (nSPS) is 12.4. The molecular weight excluding hydrogens is 316 g/mol. The van der Waals surface area contributed by atoms with Crippen LogP contribution in [0.4, 0.5) is 17.2 Å². The van der Waals surface area contributed by atoms with E-state index in [1.165, 1.54) is 5.01 Å². The van der Waals surface area contributed by atoms with Crippen molar-refractivity contribution >= 4 is 41.8 Å². The minimum Gasteiger partial charge on any atom is -0.497 e. The molecule has 0 N–H and O–H groups in total. The average Bonchev–Trinajstić information content (AvgIpc) is 2.60. The van der Waals surface area contributed by atoms with E-state index in [1.807, 2.05) is 37.3 Å². The number of rotatable bonds is 3. The van der Waals surface area contributed by atoms with E-state index in [2.05, 4.69) is 9.98 Å². The molecule has 2 aromatic rings. The van der Waals surface area contributed by atoms with E-state index in [4.69, 9.17) is 4.74 Å². The highest BCUT2D eigenvalue weighted by Gasteiger charge is 2.28. The van der Waals surface area contributed by atoms with Crippen LogP contribution in [-0.4, -0.2) is 24.3 Å². The molecule has 2 heterocycles. The maximum absolute atomic E-state index is 12.4. The van der Waals surface area contributed by atoms with Gasteiger partial charge in [-0.3, -0.25) is 4.79 Å². The Morgan fingerprint density at radius 3 is 2.83 bits per heavy atom. The molecule has 1 aliphatic rings. The lowest BCUT2D eigenvalue weighted by Gasteiger charge is -2.35. The number of anilines is 2. The molecule has 1 aliphatic heterocycles. The van der Waals surface area contributed by atoms with Gasteiger partial charge in [0.1, 0.15) is 17.8 Å². The van der Waals surface area contributed by atoms with E-state index in [-0.39, 0.29) is 18.3 Å². The SMILES string of the molecule is CCC(=O)N1c2ncccc2N=CN1c1cccc(OC)c1.Cl. The van der Waals surface area contributed by atoms with E-state index >= 15 is 0 Å². The van der Waals surface area contributed by atoms with Gasteiger partial charge >= 0.3 is 0 Å². The molecule has 0 radical (unpaired) electrons. The Labute approximate surface area is 140 Å². The summed E-state index contributed by atoms with van der Waals surface area (Å²) < 4.78 is 5.25. The van der Waals surface area contributed by atoms with Gasteiger partial charge in [0.05, 0.1) is 12.8 Å². The Kier molecular flexibility index (Phi) is 5.18. The number of hydrazine groups is 1. The number of benzene rings is 1. The number of amides is 1. The quantitative estimate of drug-likeness (QED) is 0.865. The van der Waals surface area contributed by atoms with Crippen molar-refractivity contribution in [3.63, 3.8) is 0 Å². The third kappa shape index (κ3) is 3.12. The van der Waals surface area contributed by atoms with Gasteiger partial charge in [0.25, 0.3) is 0 Å². The first-order valence-corrected chi connectivity index (χ1v) is 7.00. The first-order valence-electron chi connectivity index (χ1n) is 7.00. The molecule has 0 bridgehead atoms. The van der Waals surface area contributed by atoms with Gasteiger partial charge in [-0.25, -0.2) is 15.0 Å². The number of hydrogen-bond acceptors (Lipinski definition) is 5. The van der Waals surface area contributed by atoms with Gasteiger partial charge in [0, 0.05) is 18.7 Å². The van der Waals surface area contributed by atoms with Gasteiger partial charge in [-0.05, 0) is 24.3 Å². The third-order valence-corrected chi connectivity index (χ3v) is 3.34. The molecule has 7 heteroatoms. The Balaban J connectivity index is 0.00000192. The van der Waals surface area contributed by atoms with Crippen LogP contribution in [0.15, 0.2) is 47.6 Å². The first-order chi connectivity index (χ1) is 10.7. The molecule has 0 saturated carbocycles. The standard InChI is InChI=1S/C16H16N4O2.ClH/c1-3-15(21)20-16-14(8-5-9-17-16)18-11-19(20)12-6-4-7-13(10-12)22-2;/h4-11H,3H2,1-2H3;1H. The van der Waals surface area contributed by atoms with Crippen molar-refractivity contribution in [1.82, 2.24) is 4.98 Å². The summed E-state index contributed by atoms with van der Waals surface area (Å²) in [5, 5.41) is 3.22. The summed E-state index contributed by atoms with van der Waals surface area (Å²) in [7, 11) is 1.61. The van der Waals surface area contributed by atoms with Crippen molar-refractivity contribution < 1.29 is 9.53 Å². The van der Waals surface area contributed by atoms with Crippen LogP contribution in [0.5, 0.6) is 5.75 Å². The second-order valence-electron chi connectivity index (χ2n) is 4.70. The van der Waals surface area contributed by atoms with Crippen LogP contribution in [0.3, 0.4) is 0 Å². The van der Waals surface area contributed by atoms with Crippen LogP contribution < -0.4 is 14.8 Å². The van der Waals surface area contributed by atoms with Gasteiger partial charge in [0.2, 0.25) is 5.91 Å². The predicted molar refractivity (Wildman–Crippen MR) is 92.9 cm³/mol. The second-order valence-corrected chi connectivity index (χ2v) is 4.70. The van der Waals surface area contributed by atoms with Gasteiger partial charge in [0.15, 0.2) is 5.82 Å². The molecule has 0 spiro atoms. The molecule has 0 fully saturated rings. The molecular formula is C16H17ClN4O2. The van der Waals surface area contributed by atoms with Crippen LogP contribution >= 0.6 is 12.4 Å². The number of hydrogen-bond donors (Lipinski definition) is 0.